The number of aliphatic hydroxyl groups is 2. The molecule has 2 aromatic heterocycles. The molecule has 0 aliphatic rings. The van der Waals surface area contributed by atoms with Crippen LogP contribution in [0.4, 0.5) is 58.4 Å². The van der Waals surface area contributed by atoms with E-state index in [0.29, 0.717) is 11.4 Å². The molecule has 420 valence electrons. The second kappa shape index (κ2) is 34.6. The van der Waals surface area contributed by atoms with Crippen molar-refractivity contribution in [3.05, 3.63) is 96.1 Å². The maximum absolute atomic E-state index is 12.8. The molecular weight excluding hydrogens is 1200 g/mol. The zero-order chi connectivity index (χ0) is 56.7. The molecule has 2 heterocycles. The Balaban J connectivity index is 0.00000574. The van der Waals surface area contributed by atoms with Crippen LogP contribution >= 0.6 is 0 Å². The summed E-state index contributed by atoms with van der Waals surface area (Å²) in [6.45, 7) is -1.42. The van der Waals surface area contributed by atoms with E-state index in [1.165, 1.54) is 70.5 Å². The molecule has 0 aliphatic carbocycles. The summed E-state index contributed by atoms with van der Waals surface area (Å²) in [6.07, 6.45) is 2.10. The summed E-state index contributed by atoms with van der Waals surface area (Å²) in [5.74, 6) is -3.29. The average Bonchev–Trinajstić information content (AvgIpc) is 3.36. The third kappa shape index (κ3) is 24.5. The Kier molecular flexibility index (Phi) is 31.5. The largest absolute Gasteiger partial charge is 1.00 e. The van der Waals surface area contributed by atoms with Crippen molar-refractivity contribution < 1.29 is 200 Å². The van der Waals surface area contributed by atoms with E-state index in [0.717, 1.165) is 36.4 Å². The van der Waals surface area contributed by atoms with Crippen molar-refractivity contribution in [2.24, 2.45) is 0 Å². The van der Waals surface area contributed by atoms with Crippen molar-refractivity contribution in [2.75, 3.05) is 108 Å². The van der Waals surface area contributed by atoms with E-state index in [4.69, 9.17) is 9.47 Å². The average molecular weight is 1250 g/mol. The van der Waals surface area contributed by atoms with Crippen molar-refractivity contribution in [2.45, 2.75) is 9.79 Å². The first-order valence-electron chi connectivity index (χ1n) is 22.7. The maximum atomic E-state index is 12.8. The number of ether oxygens (including phenoxy) is 2. The van der Waals surface area contributed by atoms with Crippen LogP contribution < -0.4 is 149 Å². The minimum absolute atomic E-state index is 0. The van der Waals surface area contributed by atoms with Crippen molar-refractivity contribution in [3.8, 4) is 11.5 Å². The van der Waals surface area contributed by atoms with Gasteiger partial charge >= 0.3 is 118 Å². The number of aromatic hydroxyl groups is 2. The Morgan fingerprint density at radius 2 is 0.817 bits per heavy atom. The van der Waals surface area contributed by atoms with Gasteiger partial charge in [-0.1, -0.05) is 24.3 Å². The molecule has 0 radical (unpaired) electrons. The van der Waals surface area contributed by atoms with Crippen LogP contribution in [0.15, 0.2) is 94.7 Å². The minimum Gasteiger partial charge on any atom is -0.748 e. The van der Waals surface area contributed by atoms with Gasteiger partial charge in [-0.05, 0) is 83.9 Å². The SMILES string of the molecule is O=S(=O)([O-])CCNc1nc(Nc2ccc(C=Cc3ccc(Nc4nc(NCCS(=O)(=O)[O-])nc(N(CCOCCO)c5ccc(O)cc5)n4)cc3S(=O)(=O)[O-])c(S(=O)(=O)[O-])c2)nc(N(CCOCCO)c2ccc(O)cc2)n1.[Na+].[Na+].[Na+].[Na+]. The van der Waals surface area contributed by atoms with Gasteiger partial charge in [0, 0.05) is 48.9 Å². The topological polar surface area (TPSA) is 460 Å². The summed E-state index contributed by atoms with van der Waals surface area (Å²) in [5, 5.41) is 49.0. The van der Waals surface area contributed by atoms with E-state index in [-0.39, 0.29) is 241 Å². The van der Waals surface area contributed by atoms with Crippen LogP contribution in [0.5, 0.6) is 11.5 Å². The summed E-state index contributed by atoms with van der Waals surface area (Å²) in [6, 6.07) is 18.2. The first-order chi connectivity index (χ1) is 36.9. The molecule has 6 aromatic rings. The van der Waals surface area contributed by atoms with Crippen LogP contribution in [0.1, 0.15) is 11.1 Å². The predicted molar refractivity (Wildman–Crippen MR) is 276 cm³/mol. The van der Waals surface area contributed by atoms with E-state index in [1.54, 1.807) is 0 Å². The molecule has 0 fully saturated rings. The summed E-state index contributed by atoms with van der Waals surface area (Å²) in [4.78, 5) is 27.2. The zero-order valence-electron chi connectivity index (χ0n) is 44.4. The number of anilines is 10. The number of nitrogens with zero attached hydrogens (tertiary/aromatic N) is 8. The molecule has 0 saturated heterocycles. The molecular formula is C44H48N12Na4O18S4. The van der Waals surface area contributed by atoms with Crippen LogP contribution in [0.2, 0.25) is 0 Å². The number of aromatic nitrogens is 6. The Hall–Kier alpha value is -3.48. The van der Waals surface area contributed by atoms with Gasteiger partial charge in [0.1, 0.15) is 31.7 Å². The molecule has 0 atom stereocenters. The van der Waals surface area contributed by atoms with Gasteiger partial charge in [-0.3, -0.25) is 0 Å². The van der Waals surface area contributed by atoms with Crippen LogP contribution in [0, 0.1) is 0 Å². The molecule has 0 aliphatic heterocycles. The second-order valence-corrected chi connectivity index (χ2v) is 21.7. The summed E-state index contributed by atoms with van der Waals surface area (Å²) < 4.78 is 156. The van der Waals surface area contributed by atoms with Gasteiger partial charge in [-0.2, -0.15) is 29.9 Å². The Morgan fingerprint density at radius 3 is 1.13 bits per heavy atom. The molecule has 0 unspecified atom stereocenters. The number of aliphatic hydroxyl groups excluding tert-OH is 2. The molecule has 0 amide bonds. The van der Waals surface area contributed by atoms with Gasteiger partial charge in [0.2, 0.25) is 35.7 Å². The van der Waals surface area contributed by atoms with E-state index < -0.39 is 74.9 Å². The normalized spacial score (nSPS) is 11.5. The Bertz CT molecular complexity index is 3310. The van der Waals surface area contributed by atoms with Crippen LogP contribution in [-0.2, 0) is 49.9 Å². The quantitative estimate of drug-likeness (QED) is 0.00898. The van der Waals surface area contributed by atoms with Gasteiger partial charge in [-0.25, -0.2) is 33.7 Å². The van der Waals surface area contributed by atoms with E-state index in [1.807, 2.05) is 0 Å². The standard InChI is InChI=1S/C44H52N12O18S4.4Na/c57-19-23-73-21-17-55(33-7-11-35(59)12-8-33)43-51-39(45-15-25-75(61,62)63)49-41(53-43)47-31-5-3-29(37(27-31)77(67,68)69)1-2-30-4-6-32(28-38(30)78(70,71)72)48-42-50-40(46-16-26-76(64,65)66)52-44(54-42)56(18-22-74-24-20-58)34-9-13-36(60)14-10-34;;;;/h1-14,27-28,57-60H,15-26H2,(H,61,62,63)(H,64,65,66)(H,67,68,69)(H,70,71,72)(H2,45,47,49,51,53)(H2,46,48,50,52,54);;;;/q;4*+1/p-4. The number of hydrogen-bond donors (Lipinski definition) is 8. The molecule has 4 aromatic carbocycles. The summed E-state index contributed by atoms with van der Waals surface area (Å²) in [7, 11) is -20.1. The molecule has 30 nitrogen and oxygen atoms in total. The van der Waals surface area contributed by atoms with Crippen molar-refractivity contribution in [1.82, 2.24) is 29.9 Å². The number of phenols is 2. The van der Waals surface area contributed by atoms with E-state index in [9.17, 15) is 72.3 Å². The predicted octanol–water partition coefficient (Wildman–Crippen LogP) is -10.8. The number of hydrogen-bond acceptors (Lipinski definition) is 30. The van der Waals surface area contributed by atoms with Gasteiger partial charge in [-0.15, -0.1) is 0 Å². The monoisotopic (exact) mass is 1250 g/mol. The molecule has 6 rings (SSSR count). The fourth-order valence-corrected chi connectivity index (χ4v) is 8.88. The summed E-state index contributed by atoms with van der Waals surface area (Å²) in [5.41, 5.74) is 0.0292. The third-order valence-corrected chi connectivity index (χ3v) is 13.4. The third-order valence-electron chi connectivity index (χ3n) is 10.2. The maximum Gasteiger partial charge on any atom is 1.00 e. The molecule has 38 heteroatoms. The van der Waals surface area contributed by atoms with Crippen molar-refractivity contribution in [3.63, 3.8) is 0 Å². The zero-order valence-corrected chi connectivity index (χ0v) is 55.7. The van der Waals surface area contributed by atoms with E-state index in [2.05, 4.69) is 51.2 Å². The fourth-order valence-electron chi connectivity index (χ4n) is 6.79. The van der Waals surface area contributed by atoms with Gasteiger partial charge < -0.3 is 79.2 Å². The molecule has 0 saturated carbocycles. The number of phenolic OH excluding ortho intramolecular Hbond substituents is 2. The molecule has 0 bridgehead atoms. The van der Waals surface area contributed by atoms with Crippen molar-refractivity contribution in [1.29, 1.82) is 0 Å². The van der Waals surface area contributed by atoms with Crippen molar-refractivity contribution >= 4 is 111 Å². The summed E-state index contributed by atoms with van der Waals surface area (Å²) >= 11 is 0. The first kappa shape index (κ1) is 74.6. The van der Waals surface area contributed by atoms with Crippen LogP contribution in [0.25, 0.3) is 12.2 Å². The van der Waals surface area contributed by atoms with E-state index >= 15 is 0 Å². The molecule has 82 heavy (non-hydrogen) atoms. The Morgan fingerprint density at radius 1 is 0.476 bits per heavy atom. The fraction of sp³-hybridized carbons (Fsp3) is 0.273. The van der Waals surface area contributed by atoms with Crippen LogP contribution in [0.3, 0.4) is 0 Å². The Labute approximate surface area is 560 Å². The van der Waals surface area contributed by atoms with Gasteiger partial charge in [0.15, 0.2) is 0 Å². The number of nitrogens with one attached hydrogen (secondary N) is 4. The first-order valence-corrected chi connectivity index (χ1v) is 28.6. The minimum atomic E-state index is -5.34. The number of rotatable bonds is 30. The van der Waals surface area contributed by atoms with Gasteiger partial charge in [0.25, 0.3) is 0 Å². The van der Waals surface area contributed by atoms with Gasteiger partial charge in [0.05, 0.1) is 81.2 Å². The van der Waals surface area contributed by atoms with Crippen LogP contribution in [-0.4, -0.2) is 180 Å². The number of benzene rings is 4. The molecule has 0 spiro atoms. The molecule has 8 N–H and O–H groups in total. The smallest absolute Gasteiger partial charge is 0.748 e. The second-order valence-electron chi connectivity index (χ2n) is 15.9.